The fourth-order valence-corrected chi connectivity index (χ4v) is 15.0. The molecule has 8 rings (SSSR count). The summed E-state index contributed by atoms with van der Waals surface area (Å²) in [7, 11) is 0. The maximum Gasteiger partial charge on any atom is 0.154 e. The molecule has 0 heterocycles. The van der Waals surface area contributed by atoms with Crippen molar-refractivity contribution in [3.05, 3.63) is 0 Å². The summed E-state index contributed by atoms with van der Waals surface area (Å²) in [4.78, 5) is 0. The molecule has 0 aromatic heterocycles. The van der Waals surface area contributed by atoms with Crippen LogP contribution in [-0.2, 0) is 0 Å². The second-order valence-electron chi connectivity index (χ2n) is 17.0. The van der Waals surface area contributed by atoms with E-state index in [1.165, 1.54) is 96.3 Å². The van der Waals surface area contributed by atoms with Gasteiger partial charge >= 0.3 is 0 Å². The van der Waals surface area contributed by atoms with Crippen LogP contribution < -0.4 is 0 Å². The minimum absolute atomic E-state index is 0.0492. The Hall–Kier alpha value is -0.160. The van der Waals surface area contributed by atoms with Gasteiger partial charge in [0.1, 0.15) is 0 Å². The summed E-state index contributed by atoms with van der Waals surface area (Å²) in [6.07, 6.45) is 22.8. The molecule has 8 aliphatic carbocycles. The molecule has 0 saturated heterocycles. The lowest BCUT2D eigenvalue weighted by atomic mass is 9.38. The van der Waals surface area contributed by atoms with Crippen LogP contribution >= 0.6 is 0 Å². The van der Waals surface area contributed by atoms with E-state index in [9.17, 15) is 20.4 Å². The monoisotopic (exact) mass is 554 g/mol. The number of aliphatic hydroxyl groups is 4. The minimum atomic E-state index is -1.16. The van der Waals surface area contributed by atoms with Gasteiger partial charge in [-0.05, 0) is 173 Å². The maximum absolute atomic E-state index is 10.6. The molecular formula is C36H58O4. The normalized spacial score (nSPS) is 55.6. The number of fused-ring (bicyclic) bond motifs is 10. The third-order valence-corrected chi connectivity index (χ3v) is 16.2. The number of hydrogen-bond donors (Lipinski definition) is 4. The van der Waals surface area contributed by atoms with E-state index in [1.807, 2.05) is 0 Å². The first-order valence-corrected chi connectivity index (χ1v) is 18.2. The summed E-state index contributed by atoms with van der Waals surface area (Å²) < 4.78 is 0. The molecule has 0 aromatic carbocycles. The van der Waals surface area contributed by atoms with Crippen molar-refractivity contribution in [2.75, 3.05) is 0 Å². The van der Waals surface area contributed by atoms with E-state index in [-0.39, 0.29) is 17.3 Å². The van der Waals surface area contributed by atoms with Gasteiger partial charge < -0.3 is 20.4 Å². The smallest absolute Gasteiger partial charge is 0.154 e. The topological polar surface area (TPSA) is 80.9 Å². The van der Waals surface area contributed by atoms with Crippen LogP contribution in [0.4, 0.5) is 0 Å². The van der Waals surface area contributed by atoms with Crippen LogP contribution in [0.2, 0.25) is 0 Å². The van der Waals surface area contributed by atoms with E-state index in [0.717, 1.165) is 84.9 Å². The summed E-state index contributed by atoms with van der Waals surface area (Å²) in [5, 5.41) is 41.7. The SMILES string of the molecule is OC(O)C1CCC2C(C1)CC(C13CC[C@H]4[C@@H]5CCC[C@H]5CC[C@@H]4[C@H]1CCC(C(O)O)C3)C1C3CCCC3CCC21. The van der Waals surface area contributed by atoms with E-state index in [2.05, 4.69) is 0 Å². The molecule has 8 saturated carbocycles. The average Bonchev–Trinajstić information content (AvgIpc) is 3.65. The molecule has 4 nitrogen and oxygen atoms in total. The zero-order valence-corrected chi connectivity index (χ0v) is 25.0. The molecule has 40 heavy (non-hydrogen) atoms. The number of hydrogen-bond acceptors (Lipinski definition) is 4. The van der Waals surface area contributed by atoms with Gasteiger partial charge in [-0.3, -0.25) is 0 Å². The largest absolute Gasteiger partial charge is 0.368 e. The lowest BCUT2D eigenvalue weighted by molar-refractivity contribution is -0.204. The van der Waals surface area contributed by atoms with Gasteiger partial charge in [0.25, 0.3) is 0 Å². The van der Waals surface area contributed by atoms with Crippen LogP contribution in [0.15, 0.2) is 0 Å². The first kappa shape index (κ1) is 27.4. The molecule has 0 aliphatic heterocycles. The van der Waals surface area contributed by atoms with Crippen LogP contribution in [0.5, 0.6) is 0 Å². The Morgan fingerprint density at radius 2 is 1.10 bits per heavy atom. The third-order valence-electron chi connectivity index (χ3n) is 16.2. The predicted octanol–water partition coefficient (Wildman–Crippen LogP) is 6.74. The molecule has 0 bridgehead atoms. The number of rotatable bonds is 3. The van der Waals surface area contributed by atoms with Gasteiger partial charge in [0.15, 0.2) is 12.6 Å². The summed E-state index contributed by atoms with van der Waals surface area (Å²) in [6, 6.07) is 0. The van der Waals surface area contributed by atoms with Crippen molar-refractivity contribution >= 4 is 0 Å². The maximum atomic E-state index is 10.6. The summed E-state index contributed by atoms with van der Waals surface area (Å²) >= 11 is 0. The van der Waals surface area contributed by atoms with Crippen molar-refractivity contribution in [2.45, 2.75) is 135 Å². The second-order valence-corrected chi connectivity index (χ2v) is 17.0. The Kier molecular flexibility index (Phi) is 7.18. The van der Waals surface area contributed by atoms with Crippen molar-refractivity contribution < 1.29 is 20.4 Å². The molecular weight excluding hydrogens is 496 g/mol. The summed E-state index contributed by atoms with van der Waals surface area (Å²) in [5.74, 6) is 10.4. The van der Waals surface area contributed by atoms with Gasteiger partial charge in [0, 0.05) is 11.8 Å². The van der Waals surface area contributed by atoms with Crippen LogP contribution in [-0.4, -0.2) is 33.0 Å². The van der Waals surface area contributed by atoms with E-state index in [1.54, 1.807) is 0 Å². The number of aliphatic hydroxyl groups excluding tert-OH is 2. The Bertz CT molecular complexity index is 918. The standard InChI is InChI=1S/C36H58O4/c37-34(38)22-9-11-26-24(17-22)18-32(33-27-6-2-4-21(27)8-13-30(26)33)36-16-15-28-25-5-1-3-20(25)7-12-29(28)31(36)14-10-23(19-36)35(39)40/h20-35,37-40H,1-19H2/t20-,21?,22?,23?,24?,25+,26?,27?,28-,29-,30?,31+,32?,33?,36?/m0/s1. The summed E-state index contributed by atoms with van der Waals surface area (Å²) in [6.45, 7) is 0. The minimum Gasteiger partial charge on any atom is -0.368 e. The molecule has 8 aliphatic rings. The van der Waals surface area contributed by atoms with Crippen molar-refractivity contribution in [1.82, 2.24) is 0 Å². The molecule has 0 aromatic rings. The second kappa shape index (κ2) is 10.5. The van der Waals surface area contributed by atoms with Crippen LogP contribution in [0.3, 0.4) is 0 Å². The molecule has 0 radical (unpaired) electrons. The van der Waals surface area contributed by atoms with Crippen molar-refractivity contribution in [3.63, 3.8) is 0 Å². The zero-order chi connectivity index (χ0) is 27.2. The van der Waals surface area contributed by atoms with Gasteiger partial charge in [-0.15, -0.1) is 0 Å². The Balaban J connectivity index is 1.19. The van der Waals surface area contributed by atoms with Gasteiger partial charge in [-0.1, -0.05) is 25.7 Å². The van der Waals surface area contributed by atoms with Gasteiger partial charge in [0.05, 0.1) is 0 Å². The van der Waals surface area contributed by atoms with Gasteiger partial charge in [0.2, 0.25) is 0 Å². The molecule has 0 spiro atoms. The van der Waals surface area contributed by atoms with Crippen molar-refractivity contribution in [2.24, 2.45) is 88.3 Å². The first-order valence-electron chi connectivity index (χ1n) is 18.2. The average molecular weight is 555 g/mol. The van der Waals surface area contributed by atoms with Crippen LogP contribution in [0, 0.1) is 88.3 Å². The molecule has 15 atom stereocenters. The Morgan fingerprint density at radius 1 is 0.450 bits per heavy atom. The van der Waals surface area contributed by atoms with E-state index < -0.39 is 12.6 Å². The van der Waals surface area contributed by atoms with E-state index in [0.29, 0.717) is 11.8 Å². The highest BCUT2D eigenvalue weighted by Crippen LogP contribution is 2.71. The van der Waals surface area contributed by atoms with Gasteiger partial charge in [-0.25, -0.2) is 0 Å². The van der Waals surface area contributed by atoms with Crippen LogP contribution in [0.1, 0.15) is 122 Å². The highest BCUT2D eigenvalue weighted by atomic mass is 16.5. The highest BCUT2D eigenvalue weighted by molar-refractivity contribution is 5.12. The Morgan fingerprint density at radius 3 is 1.88 bits per heavy atom. The van der Waals surface area contributed by atoms with Crippen molar-refractivity contribution in [3.8, 4) is 0 Å². The summed E-state index contributed by atoms with van der Waals surface area (Å²) in [5.41, 5.74) is 0.280. The highest BCUT2D eigenvalue weighted by Gasteiger charge is 2.64. The lowest BCUT2D eigenvalue weighted by Crippen LogP contribution is -2.60. The van der Waals surface area contributed by atoms with E-state index >= 15 is 0 Å². The molecule has 4 heteroatoms. The molecule has 226 valence electrons. The molecule has 10 unspecified atom stereocenters. The Labute approximate surface area is 243 Å². The fraction of sp³-hybridized carbons (Fsp3) is 1.00. The van der Waals surface area contributed by atoms with Crippen molar-refractivity contribution in [1.29, 1.82) is 0 Å². The van der Waals surface area contributed by atoms with E-state index in [4.69, 9.17) is 0 Å². The quantitative estimate of drug-likeness (QED) is 0.291. The molecule has 4 N–H and O–H groups in total. The molecule has 8 fully saturated rings. The fourth-order valence-electron chi connectivity index (χ4n) is 15.0. The third kappa shape index (κ3) is 4.18. The first-order chi connectivity index (χ1) is 19.4. The van der Waals surface area contributed by atoms with Gasteiger partial charge in [-0.2, -0.15) is 0 Å². The van der Waals surface area contributed by atoms with Crippen LogP contribution in [0.25, 0.3) is 0 Å². The molecule has 0 amide bonds. The lowest BCUT2D eigenvalue weighted by Gasteiger charge is -2.67. The zero-order valence-electron chi connectivity index (χ0n) is 25.0. The predicted molar refractivity (Wildman–Crippen MR) is 155 cm³/mol.